The minimum Gasteiger partial charge on any atom is -0.392 e. The molecule has 1 heterocycles. The van der Waals surface area contributed by atoms with E-state index in [1.54, 1.807) is 12.1 Å². The van der Waals surface area contributed by atoms with Crippen molar-refractivity contribution in [3.63, 3.8) is 0 Å². The number of hydrogen-bond acceptors (Lipinski definition) is 3. The molecule has 3 rings (SSSR count). The van der Waals surface area contributed by atoms with Crippen LogP contribution in [0.4, 0.5) is 5.69 Å². The van der Waals surface area contributed by atoms with Crippen molar-refractivity contribution in [3.8, 4) is 0 Å². The molecule has 0 saturated carbocycles. The van der Waals surface area contributed by atoms with Crippen LogP contribution >= 0.6 is 11.6 Å². The number of rotatable bonds is 3. The summed E-state index contributed by atoms with van der Waals surface area (Å²) in [4.78, 5) is 14.0. The first kappa shape index (κ1) is 14.1. The van der Waals surface area contributed by atoms with Gasteiger partial charge < -0.3 is 15.1 Å². The zero-order valence-electron chi connectivity index (χ0n) is 11.2. The number of aliphatic hydroxyl groups excluding tert-OH is 1. The summed E-state index contributed by atoms with van der Waals surface area (Å²) in [5.74, 6) is -0.536. The van der Waals surface area contributed by atoms with Gasteiger partial charge in [0, 0.05) is 10.6 Å². The molecule has 21 heavy (non-hydrogen) atoms. The fourth-order valence-electron chi connectivity index (χ4n) is 2.60. The molecule has 1 aliphatic rings. The van der Waals surface area contributed by atoms with Gasteiger partial charge in [0.15, 0.2) is 5.60 Å². The van der Waals surface area contributed by atoms with Crippen molar-refractivity contribution in [2.24, 2.45) is 0 Å². The fraction of sp³-hybridized carbons (Fsp3) is 0.188. The van der Waals surface area contributed by atoms with E-state index >= 15 is 0 Å². The molecule has 1 unspecified atom stereocenters. The van der Waals surface area contributed by atoms with E-state index in [-0.39, 0.29) is 0 Å². The minimum absolute atomic E-state index is 0.330. The minimum atomic E-state index is -1.92. The first-order valence-electron chi connectivity index (χ1n) is 6.55. The number of carbonyl (C=O) groups is 1. The van der Waals surface area contributed by atoms with Gasteiger partial charge in [-0.3, -0.25) is 4.79 Å². The van der Waals surface area contributed by atoms with Crippen LogP contribution in [0.15, 0.2) is 48.5 Å². The normalized spacial score (nSPS) is 20.7. The molecule has 2 aromatic rings. The molecule has 0 aromatic heterocycles. The van der Waals surface area contributed by atoms with Crippen molar-refractivity contribution in [3.05, 3.63) is 64.7 Å². The topological polar surface area (TPSA) is 60.8 Å². The first-order valence-corrected chi connectivity index (χ1v) is 6.93. The van der Waals surface area contributed by atoms with E-state index in [9.17, 15) is 15.0 Å². The lowest BCUT2D eigenvalue weighted by atomic mass is 9.97. The number of benzene rings is 2. The van der Waals surface area contributed by atoms with Crippen LogP contribution in [0.25, 0.3) is 0 Å². The quantitative estimate of drug-likeness (QED) is 0.912. The molecule has 1 amide bonds. The Balaban J connectivity index is 2.05. The fourth-order valence-corrected chi connectivity index (χ4v) is 2.77. The molecule has 1 atom stereocenters. The molecular weight excluding hydrogens is 290 g/mol. The van der Waals surface area contributed by atoms with Crippen LogP contribution in [0.5, 0.6) is 0 Å². The molecule has 4 nitrogen and oxygen atoms in total. The SMILES string of the molecule is O=C1N(Cc2ccccc2)c2ccc(Cl)cc2C1(O)CO. The van der Waals surface area contributed by atoms with Gasteiger partial charge in [0.05, 0.1) is 18.8 Å². The molecule has 0 aliphatic carbocycles. The van der Waals surface area contributed by atoms with Gasteiger partial charge in [-0.25, -0.2) is 0 Å². The van der Waals surface area contributed by atoms with Crippen LogP contribution in [-0.4, -0.2) is 22.7 Å². The van der Waals surface area contributed by atoms with Gasteiger partial charge in [-0.1, -0.05) is 41.9 Å². The molecule has 0 radical (unpaired) electrons. The number of halogens is 1. The van der Waals surface area contributed by atoms with Gasteiger partial charge in [0.1, 0.15) is 0 Å². The summed E-state index contributed by atoms with van der Waals surface area (Å²) >= 11 is 5.94. The van der Waals surface area contributed by atoms with Crippen molar-refractivity contribution in [2.45, 2.75) is 12.1 Å². The molecule has 108 valence electrons. The Morgan fingerprint density at radius 1 is 1.14 bits per heavy atom. The average Bonchev–Trinajstić information content (AvgIpc) is 2.71. The average molecular weight is 304 g/mol. The molecule has 1 aliphatic heterocycles. The van der Waals surface area contributed by atoms with Gasteiger partial charge in [-0.05, 0) is 23.8 Å². The third-order valence-electron chi connectivity index (χ3n) is 3.71. The summed E-state index contributed by atoms with van der Waals surface area (Å²) in [6, 6.07) is 14.3. The summed E-state index contributed by atoms with van der Waals surface area (Å²) in [6.45, 7) is -0.346. The summed E-state index contributed by atoms with van der Waals surface area (Å²) < 4.78 is 0. The van der Waals surface area contributed by atoms with E-state index < -0.39 is 18.1 Å². The molecule has 0 fully saturated rings. The van der Waals surface area contributed by atoms with Gasteiger partial charge in [-0.15, -0.1) is 0 Å². The van der Waals surface area contributed by atoms with Gasteiger partial charge in [0.2, 0.25) is 0 Å². The van der Waals surface area contributed by atoms with Crippen LogP contribution in [0.2, 0.25) is 5.02 Å². The summed E-state index contributed by atoms with van der Waals surface area (Å²) in [5.41, 5.74) is -0.0631. The summed E-state index contributed by atoms with van der Waals surface area (Å²) in [7, 11) is 0. The predicted octanol–water partition coefficient (Wildman–Crippen LogP) is 2.07. The van der Waals surface area contributed by atoms with Crippen molar-refractivity contribution < 1.29 is 15.0 Å². The molecule has 5 heteroatoms. The van der Waals surface area contributed by atoms with Gasteiger partial charge >= 0.3 is 0 Å². The number of nitrogens with zero attached hydrogens (tertiary/aromatic N) is 1. The number of fused-ring (bicyclic) bond motifs is 1. The highest BCUT2D eigenvalue weighted by molar-refractivity contribution is 6.31. The number of amides is 1. The highest BCUT2D eigenvalue weighted by atomic mass is 35.5. The van der Waals surface area contributed by atoms with E-state index in [0.29, 0.717) is 22.8 Å². The zero-order valence-corrected chi connectivity index (χ0v) is 11.9. The third-order valence-corrected chi connectivity index (χ3v) is 3.94. The Bertz CT molecular complexity index is 689. The Hall–Kier alpha value is -1.88. The van der Waals surface area contributed by atoms with Crippen LogP contribution in [0.3, 0.4) is 0 Å². The lowest BCUT2D eigenvalue weighted by Gasteiger charge is -2.21. The monoisotopic (exact) mass is 303 g/mol. The maximum absolute atomic E-state index is 12.5. The zero-order chi connectivity index (χ0) is 15.0. The maximum Gasteiger partial charge on any atom is 0.266 e. The standard InChI is InChI=1S/C16H14ClNO3/c17-12-6-7-14-13(8-12)16(21,10-19)15(20)18(14)9-11-4-2-1-3-5-11/h1-8,19,21H,9-10H2. The summed E-state index contributed by atoms with van der Waals surface area (Å²) in [6.07, 6.45) is 0. The van der Waals surface area contributed by atoms with Crippen molar-refractivity contribution in [2.75, 3.05) is 11.5 Å². The van der Waals surface area contributed by atoms with E-state index in [0.717, 1.165) is 5.56 Å². The molecular formula is C16H14ClNO3. The summed E-state index contributed by atoms with van der Waals surface area (Å²) in [5, 5.41) is 20.4. The Morgan fingerprint density at radius 2 is 1.86 bits per heavy atom. The molecule has 0 saturated heterocycles. The largest absolute Gasteiger partial charge is 0.392 e. The van der Waals surface area contributed by atoms with Gasteiger partial charge in [-0.2, -0.15) is 0 Å². The lowest BCUT2D eigenvalue weighted by Crippen LogP contribution is -2.42. The first-order chi connectivity index (χ1) is 10.1. The lowest BCUT2D eigenvalue weighted by molar-refractivity contribution is -0.140. The second-order valence-corrected chi connectivity index (χ2v) is 5.49. The third kappa shape index (κ3) is 2.21. The van der Waals surface area contributed by atoms with E-state index in [1.807, 2.05) is 30.3 Å². The number of anilines is 1. The molecule has 2 aromatic carbocycles. The number of carbonyl (C=O) groups excluding carboxylic acids is 1. The second-order valence-electron chi connectivity index (χ2n) is 5.06. The Morgan fingerprint density at radius 3 is 2.52 bits per heavy atom. The van der Waals surface area contributed by atoms with Crippen LogP contribution in [0.1, 0.15) is 11.1 Å². The van der Waals surface area contributed by atoms with Crippen molar-refractivity contribution >= 4 is 23.2 Å². The van der Waals surface area contributed by atoms with Gasteiger partial charge in [0.25, 0.3) is 5.91 Å². The Labute approximate surface area is 127 Å². The van der Waals surface area contributed by atoms with E-state index in [4.69, 9.17) is 11.6 Å². The molecule has 2 N–H and O–H groups in total. The predicted molar refractivity (Wildman–Crippen MR) is 80.1 cm³/mol. The van der Waals surface area contributed by atoms with Crippen LogP contribution in [0, 0.1) is 0 Å². The van der Waals surface area contributed by atoms with Crippen molar-refractivity contribution in [1.82, 2.24) is 0 Å². The van der Waals surface area contributed by atoms with E-state index in [1.165, 1.54) is 11.0 Å². The number of aliphatic hydroxyl groups is 2. The van der Waals surface area contributed by atoms with Crippen LogP contribution in [-0.2, 0) is 16.9 Å². The smallest absolute Gasteiger partial charge is 0.266 e. The second kappa shape index (κ2) is 5.15. The van der Waals surface area contributed by atoms with Crippen LogP contribution < -0.4 is 4.90 Å². The van der Waals surface area contributed by atoms with Crippen molar-refractivity contribution in [1.29, 1.82) is 0 Å². The molecule has 0 spiro atoms. The Kier molecular flexibility index (Phi) is 3.45. The highest BCUT2D eigenvalue weighted by Gasteiger charge is 2.49. The highest BCUT2D eigenvalue weighted by Crippen LogP contribution is 2.42. The maximum atomic E-state index is 12.5. The van der Waals surface area contributed by atoms with E-state index in [2.05, 4.69) is 0 Å². The number of hydrogen-bond donors (Lipinski definition) is 2. The molecule has 0 bridgehead atoms.